The molecule has 7 heteroatoms. The number of anilines is 1. The van der Waals surface area contributed by atoms with E-state index in [1.54, 1.807) is 18.5 Å². The molecule has 0 radical (unpaired) electrons. The highest BCUT2D eigenvalue weighted by molar-refractivity contribution is 5.90. The average molecular weight is 264 g/mol. The van der Waals surface area contributed by atoms with Crippen LogP contribution in [0.3, 0.4) is 0 Å². The molecule has 102 valence electrons. The molecule has 1 saturated heterocycles. The van der Waals surface area contributed by atoms with Gasteiger partial charge >= 0.3 is 5.97 Å². The van der Waals surface area contributed by atoms with Crippen LogP contribution in [-0.2, 0) is 9.59 Å². The van der Waals surface area contributed by atoms with Crippen LogP contribution in [0.2, 0.25) is 0 Å². The van der Waals surface area contributed by atoms with Crippen molar-refractivity contribution in [3.63, 3.8) is 0 Å². The zero-order valence-corrected chi connectivity index (χ0v) is 10.5. The Kier molecular flexibility index (Phi) is 4.40. The van der Waals surface area contributed by atoms with Crippen molar-refractivity contribution in [2.45, 2.75) is 25.3 Å². The first-order chi connectivity index (χ1) is 9.15. The van der Waals surface area contributed by atoms with E-state index in [2.05, 4.69) is 15.3 Å². The van der Waals surface area contributed by atoms with E-state index in [1.165, 1.54) is 0 Å². The van der Waals surface area contributed by atoms with Crippen LogP contribution in [-0.4, -0.2) is 51.0 Å². The summed E-state index contributed by atoms with van der Waals surface area (Å²) < 4.78 is 0. The quantitative estimate of drug-likeness (QED) is 0.797. The van der Waals surface area contributed by atoms with Gasteiger partial charge < -0.3 is 5.11 Å². The van der Waals surface area contributed by atoms with E-state index in [9.17, 15) is 9.59 Å². The monoisotopic (exact) mass is 264 g/mol. The number of aliphatic carboxylic acids is 1. The van der Waals surface area contributed by atoms with Crippen LogP contribution < -0.4 is 5.32 Å². The lowest BCUT2D eigenvalue weighted by atomic mass is 10.1. The number of hydrogen-bond acceptors (Lipinski definition) is 5. The fraction of sp³-hybridized carbons (Fsp3) is 0.500. The Morgan fingerprint density at radius 3 is 2.84 bits per heavy atom. The molecule has 1 unspecified atom stereocenters. The number of aromatic nitrogens is 2. The van der Waals surface area contributed by atoms with E-state index < -0.39 is 5.97 Å². The Balaban J connectivity index is 1.86. The van der Waals surface area contributed by atoms with Crippen molar-refractivity contribution >= 4 is 17.8 Å². The van der Waals surface area contributed by atoms with Gasteiger partial charge in [0, 0.05) is 18.4 Å². The first-order valence-corrected chi connectivity index (χ1v) is 6.18. The smallest absolute Gasteiger partial charge is 0.304 e. The van der Waals surface area contributed by atoms with Crippen molar-refractivity contribution in [2.24, 2.45) is 0 Å². The molecule has 0 aromatic carbocycles. The predicted molar refractivity (Wildman–Crippen MR) is 67.5 cm³/mol. The summed E-state index contributed by atoms with van der Waals surface area (Å²) in [5.41, 5.74) is 0. The van der Waals surface area contributed by atoms with Crippen LogP contribution in [0.1, 0.15) is 19.3 Å². The zero-order valence-electron chi connectivity index (χ0n) is 10.5. The molecule has 0 spiro atoms. The van der Waals surface area contributed by atoms with Gasteiger partial charge in [-0.05, 0) is 25.5 Å². The first kappa shape index (κ1) is 13.4. The van der Waals surface area contributed by atoms with Gasteiger partial charge in [-0.25, -0.2) is 9.97 Å². The van der Waals surface area contributed by atoms with Crippen molar-refractivity contribution in [2.75, 3.05) is 18.4 Å². The number of carboxylic acid groups (broad SMARTS) is 1. The van der Waals surface area contributed by atoms with Gasteiger partial charge in [-0.3, -0.25) is 19.8 Å². The highest BCUT2D eigenvalue weighted by Gasteiger charge is 2.28. The Morgan fingerprint density at radius 1 is 1.42 bits per heavy atom. The molecule has 2 N–H and O–H groups in total. The normalized spacial score (nSPS) is 19.3. The summed E-state index contributed by atoms with van der Waals surface area (Å²) in [6, 6.07) is 1.61. The molecule has 0 aliphatic carbocycles. The predicted octanol–water partition coefficient (Wildman–Crippen LogP) is 0.354. The van der Waals surface area contributed by atoms with Crippen molar-refractivity contribution in [1.29, 1.82) is 0 Å². The third-order valence-corrected chi connectivity index (χ3v) is 3.07. The van der Waals surface area contributed by atoms with Crippen LogP contribution in [0.15, 0.2) is 18.5 Å². The average Bonchev–Trinajstić information content (AvgIpc) is 2.77. The molecular weight excluding hydrogens is 248 g/mol. The third-order valence-electron chi connectivity index (χ3n) is 3.07. The fourth-order valence-corrected chi connectivity index (χ4v) is 2.25. The molecule has 1 atom stereocenters. The highest BCUT2D eigenvalue weighted by atomic mass is 16.4. The molecule has 1 fully saturated rings. The second-order valence-corrected chi connectivity index (χ2v) is 4.48. The molecule has 19 heavy (non-hydrogen) atoms. The molecule has 0 bridgehead atoms. The summed E-state index contributed by atoms with van der Waals surface area (Å²) in [5.74, 6) is -0.784. The Labute approximate surface area is 110 Å². The number of rotatable bonds is 5. The van der Waals surface area contributed by atoms with Gasteiger partial charge in [0.2, 0.25) is 11.9 Å². The molecular formula is C12H16N4O3. The number of amides is 1. The van der Waals surface area contributed by atoms with Crippen molar-refractivity contribution < 1.29 is 14.7 Å². The van der Waals surface area contributed by atoms with Crippen LogP contribution >= 0.6 is 0 Å². The van der Waals surface area contributed by atoms with Gasteiger partial charge in [0.1, 0.15) is 0 Å². The summed E-state index contributed by atoms with van der Waals surface area (Å²) >= 11 is 0. The number of nitrogens with one attached hydrogen (secondary N) is 1. The molecule has 1 amide bonds. The van der Waals surface area contributed by atoms with E-state index in [0.717, 1.165) is 19.4 Å². The van der Waals surface area contributed by atoms with Crippen molar-refractivity contribution in [3.8, 4) is 0 Å². The maximum atomic E-state index is 11.8. The number of carbonyl (C=O) groups excluding carboxylic acids is 1. The second kappa shape index (κ2) is 6.24. The van der Waals surface area contributed by atoms with E-state index in [1.807, 2.05) is 4.90 Å². The van der Waals surface area contributed by atoms with Gasteiger partial charge in [-0.15, -0.1) is 0 Å². The minimum Gasteiger partial charge on any atom is -0.481 e. The topological polar surface area (TPSA) is 95.4 Å². The summed E-state index contributed by atoms with van der Waals surface area (Å²) in [7, 11) is 0. The molecule has 1 aromatic rings. The lowest BCUT2D eigenvalue weighted by Crippen LogP contribution is -2.38. The molecule has 7 nitrogen and oxygen atoms in total. The number of nitrogens with zero attached hydrogens (tertiary/aromatic N) is 3. The van der Waals surface area contributed by atoms with Gasteiger partial charge in [0.05, 0.1) is 13.0 Å². The van der Waals surface area contributed by atoms with E-state index >= 15 is 0 Å². The summed E-state index contributed by atoms with van der Waals surface area (Å²) in [4.78, 5) is 32.3. The maximum absolute atomic E-state index is 11.8. The van der Waals surface area contributed by atoms with Crippen LogP contribution in [0, 0.1) is 0 Å². The Bertz CT molecular complexity index is 452. The van der Waals surface area contributed by atoms with Crippen molar-refractivity contribution in [1.82, 2.24) is 14.9 Å². The summed E-state index contributed by atoms with van der Waals surface area (Å²) in [5, 5.41) is 11.4. The second-order valence-electron chi connectivity index (χ2n) is 4.48. The standard InChI is InChI=1S/C12H16N4O3/c17-10(15-12-13-4-2-5-14-12)8-16-6-1-3-9(16)7-11(18)19/h2,4-5,9H,1,3,6-8H2,(H,18,19)(H,13,14,15,17). The SMILES string of the molecule is O=C(O)CC1CCCN1CC(=O)Nc1ncccn1. The first-order valence-electron chi connectivity index (χ1n) is 6.18. The van der Waals surface area contributed by atoms with Gasteiger partial charge in [-0.1, -0.05) is 0 Å². The van der Waals surface area contributed by atoms with Gasteiger partial charge in [-0.2, -0.15) is 0 Å². The Hall–Kier alpha value is -2.02. The van der Waals surface area contributed by atoms with Crippen LogP contribution in [0.5, 0.6) is 0 Å². The van der Waals surface area contributed by atoms with E-state index in [4.69, 9.17) is 5.11 Å². The minimum atomic E-state index is -0.830. The van der Waals surface area contributed by atoms with E-state index in [0.29, 0.717) is 0 Å². The van der Waals surface area contributed by atoms with Crippen molar-refractivity contribution in [3.05, 3.63) is 18.5 Å². The Morgan fingerprint density at radius 2 is 2.16 bits per heavy atom. The summed E-state index contributed by atoms with van der Waals surface area (Å²) in [6.07, 6.45) is 4.92. The molecule has 1 aliphatic heterocycles. The molecule has 2 rings (SSSR count). The van der Waals surface area contributed by atoms with Gasteiger partial charge in [0.25, 0.3) is 0 Å². The molecule has 0 saturated carbocycles. The largest absolute Gasteiger partial charge is 0.481 e. The van der Waals surface area contributed by atoms with Crippen LogP contribution in [0.4, 0.5) is 5.95 Å². The number of carboxylic acids is 1. The maximum Gasteiger partial charge on any atom is 0.304 e. The molecule has 2 heterocycles. The lowest BCUT2D eigenvalue weighted by molar-refractivity contribution is -0.138. The molecule has 1 aliphatic rings. The fourth-order valence-electron chi connectivity index (χ4n) is 2.25. The zero-order chi connectivity index (χ0) is 13.7. The highest BCUT2D eigenvalue weighted by Crippen LogP contribution is 2.19. The lowest BCUT2D eigenvalue weighted by Gasteiger charge is -2.22. The third kappa shape index (κ3) is 3.99. The number of carbonyl (C=O) groups is 2. The van der Waals surface area contributed by atoms with Crippen LogP contribution in [0.25, 0.3) is 0 Å². The summed E-state index contributed by atoms with van der Waals surface area (Å²) in [6.45, 7) is 0.928. The minimum absolute atomic E-state index is 0.0556. The number of likely N-dealkylation sites (tertiary alicyclic amines) is 1. The molecule has 1 aromatic heterocycles. The van der Waals surface area contributed by atoms with E-state index in [-0.39, 0.29) is 30.9 Å². The number of hydrogen-bond donors (Lipinski definition) is 2. The van der Waals surface area contributed by atoms with Gasteiger partial charge in [0.15, 0.2) is 0 Å².